The predicted molar refractivity (Wildman–Crippen MR) is 78.1 cm³/mol. The maximum atomic E-state index is 12.9. The zero-order valence-corrected chi connectivity index (χ0v) is 11.7. The number of ether oxygens (including phenoxy) is 1. The Bertz CT molecular complexity index is 754. The predicted octanol–water partition coefficient (Wildman–Crippen LogP) is 2.96. The fourth-order valence-electron chi connectivity index (χ4n) is 3.67. The van der Waals surface area contributed by atoms with Gasteiger partial charge in [-0.05, 0) is 36.1 Å². The van der Waals surface area contributed by atoms with Gasteiger partial charge in [-0.2, -0.15) is 0 Å². The van der Waals surface area contributed by atoms with Crippen molar-refractivity contribution in [1.82, 2.24) is 0 Å². The van der Waals surface area contributed by atoms with Crippen molar-refractivity contribution in [1.29, 1.82) is 0 Å². The van der Waals surface area contributed by atoms with E-state index < -0.39 is 5.41 Å². The lowest BCUT2D eigenvalue weighted by atomic mass is 9.77. The molecule has 2 aliphatic carbocycles. The van der Waals surface area contributed by atoms with Crippen molar-refractivity contribution in [3.05, 3.63) is 64.7 Å². The van der Waals surface area contributed by atoms with Gasteiger partial charge in [0, 0.05) is 11.1 Å². The van der Waals surface area contributed by atoms with Gasteiger partial charge in [0.1, 0.15) is 11.2 Å². The molecule has 0 saturated carbocycles. The number of fused-ring (bicyclic) bond motifs is 3. The fraction of sp³-hybridized carbons (Fsp3) is 0.222. The second-order valence-corrected chi connectivity index (χ2v) is 5.63. The zero-order chi connectivity index (χ0) is 14.6. The van der Waals surface area contributed by atoms with E-state index in [0.29, 0.717) is 23.3 Å². The number of carbonyl (C=O) groups is 2. The summed E-state index contributed by atoms with van der Waals surface area (Å²) in [4.78, 5) is 25.9. The Balaban J connectivity index is 1.97. The Morgan fingerprint density at radius 3 is 2.29 bits per heavy atom. The van der Waals surface area contributed by atoms with Crippen molar-refractivity contribution in [2.75, 3.05) is 7.11 Å². The largest absolute Gasteiger partial charge is 0.497 e. The standard InChI is InChI=1S/C18H14O3/c1-21-12-7-6-11-8-9-18(15(11)10-12)16(19)13-4-2-3-5-14(13)17(18)20/h2-7,10H,8-9H2,1H3. The maximum absolute atomic E-state index is 12.9. The van der Waals surface area contributed by atoms with E-state index in [0.717, 1.165) is 17.5 Å². The molecule has 21 heavy (non-hydrogen) atoms. The third kappa shape index (κ3) is 1.38. The third-order valence-electron chi connectivity index (χ3n) is 4.74. The molecule has 0 aliphatic heterocycles. The molecule has 4 rings (SSSR count). The summed E-state index contributed by atoms with van der Waals surface area (Å²) in [6.45, 7) is 0. The van der Waals surface area contributed by atoms with Crippen LogP contribution in [0, 0.1) is 0 Å². The van der Waals surface area contributed by atoms with Gasteiger partial charge in [0.15, 0.2) is 11.6 Å². The van der Waals surface area contributed by atoms with Crippen LogP contribution in [0.2, 0.25) is 0 Å². The highest BCUT2D eigenvalue weighted by molar-refractivity contribution is 6.33. The second-order valence-electron chi connectivity index (χ2n) is 5.63. The van der Waals surface area contributed by atoms with Crippen LogP contribution in [0.25, 0.3) is 0 Å². The summed E-state index contributed by atoms with van der Waals surface area (Å²) >= 11 is 0. The molecule has 104 valence electrons. The van der Waals surface area contributed by atoms with E-state index in [4.69, 9.17) is 4.74 Å². The third-order valence-corrected chi connectivity index (χ3v) is 4.74. The summed E-state index contributed by atoms with van der Waals surface area (Å²) in [5.41, 5.74) is 1.99. The molecule has 3 heteroatoms. The average molecular weight is 278 g/mol. The summed E-state index contributed by atoms with van der Waals surface area (Å²) in [6, 6.07) is 12.8. The van der Waals surface area contributed by atoms with Gasteiger partial charge < -0.3 is 4.74 Å². The van der Waals surface area contributed by atoms with Gasteiger partial charge >= 0.3 is 0 Å². The van der Waals surface area contributed by atoms with Crippen molar-refractivity contribution in [3.8, 4) is 5.75 Å². The van der Waals surface area contributed by atoms with Crippen LogP contribution in [-0.4, -0.2) is 18.7 Å². The highest BCUT2D eigenvalue weighted by Crippen LogP contribution is 2.49. The molecular weight excluding hydrogens is 264 g/mol. The first-order valence-electron chi connectivity index (χ1n) is 7.04. The molecule has 0 amide bonds. The van der Waals surface area contributed by atoms with E-state index >= 15 is 0 Å². The molecule has 0 N–H and O–H groups in total. The zero-order valence-electron chi connectivity index (χ0n) is 11.7. The molecule has 0 unspecified atom stereocenters. The Labute approximate surface area is 122 Å². The highest BCUT2D eigenvalue weighted by atomic mass is 16.5. The van der Waals surface area contributed by atoms with Crippen molar-refractivity contribution in [2.24, 2.45) is 0 Å². The number of methoxy groups -OCH3 is 1. The molecule has 0 fully saturated rings. The lowest BCUT2D eigenvalue weighted by Crippen LogP contribution is -2.35. The quantitative estimate of drug-likeness (QED) is 0.753. The molecule has 0 atom stereocenters. The summed E-state index contributed by atoms with van der Waals surface area (Å²) in [5.74, 6) is 0.566. The van der Waals surface area contributed by atoms with Crippen LogP contribution < -0.4 is 4.74 Å². The van der Waals surface area contributed by atoms with Crippen molar-refractivity contribution >= 4 is 11.6 Å². The number of carbonyl (C=O) groups excluding carboxylic acids is 2. The molecular formula is C18H14O3. The second kappa shape index (κ2) is 4.04. The van der Waals surface area contributed by atoms with Crippen LogP contribution in [-0.2, 0) is 11.8 Å². The van der Waals surface area contributed by atoms with Gasteiger partial charge in [0.25, 0.3) is 0 Å². The molecule has 0 bridgehead atoms. The summed E-state index contributed by atoms with van der Waals surface area (Å²) in [6.07, 6.45) is 1.31. The lowest BCUT2D eigenvalue weighted by Gasteiger charge is -2.21. The summed E-state index contributed by atoms with van der Waals surface area (Å²) < 4.78 is 5.27. The average Bonchev–Trinajstić information content (AvgIpc) is 3.01. The number of Topliss-reactive ketones (excluding diaryl/α,β-unsaturated/α-hetero) is 2. The number of ketones is 2. The fourth-order valence-corrected chi connectivity index (χ4v) is 3.67. The van der Waals surface area contributed by atoms with E-state index in [1.54, 1.807) is 19.2 Å². The molecule has 2 aromatic rings. The van der Waals surface area contributed by atoms with Crippen LogP contribution in [0.1, 0.15) is 38.3 Å². The van der Waals surface area contributed by atoms with Gasteiger partial charge in [-0.1, -0.05) is 30.3 Å². The van der Waals surface area contributed by atoms with E-state index in [2.05, 4.69) is 0 Å². The van der Waals surface area contributed by atoms with E-state index in [1.165, 1.54) is 0 Å². The highest BCUT2D eigenvalue weighted by Gasteiger charge is 2.56. The number of hydrogen-bond acceptors (Lipinski definition) is 3. The maximum Gasteiger partial charge on any atom is 0.181 e. The Kier molecular flexibility index (Phi) is 2.37. The van der Waals surface area contributed by atoms with Crippen LogP contribution in [0.15, 0.2) is 42.5 Å². The molecule has 2 aromatic carbocycles. The number of rotatable bonds is 1. The molecule has 1 spiro atoms. The van der Waals surface area contributed by atoms with E-state index in [9.17, 15) is 9.59 Å². The van der Waals surface area contributed by atoms with Crippen LogP contribution >= 0.6 is 0 Å². The number of hydrogen-bond donors (Lipinski definition) is 0. The molecule has 0 heterocycles. The van der Waals surface area contributed by atoms with Gasteiger partial charge in [0.05, 0.1) is 7.11 Å². The summed E-state index contributed by atoms with van der Waals surface area (Å²) in [5, 5.41) is 0. The first kappa shape index (κ1) is 12.3. The normalized spacial score (nSPS) is 18.0. The Hall–Kier alpha value is -2.42. The van der Waals surface area contributed by atoms with Gasteiger partial charge in [-0.15, -0.1) is 0 Å². The molecule has 0 radical (unpaired) electrons. The Morgan fingerprint density at radius 2 is 1.67 bits per heavy atom. The lowest BCUT2D eigenvalue weighted by molar-refractivity contribution is 0.0794. The van der Waals surface area contributed by atoms with E-state index in [-0.39, 0.29) is 11.6 Å². The Morgan fingerprint density at radius 1 is 1.00 bits per heavy atom. The topological polar surface area (TPSA) is 43.4 Å². The van der Waals surface area contributed by atoms with E-state index in [1.807, 2.05) is 30.3 Å². The smallest absolute Gasteiger partial charge is 0.181 e. The van der Waals surface area contributed by atoms with Crippen molar-refractivity contribution < 1.29 is 14.3 Å². The molecule has 2 aliphatic rings. The van der Waals surface area contributed by atoms with Gasteiger partial charge in [-0.25, -0.2) is 0 Å². The molecule has 0 aromatic heterocycles. The number of aryl methyl sites for hydroxylation is 1. The van der Waals surface area contributed by atoms with Crippen LogP contribution in [0.3, 0.4) is 0 Å². The van der Waals surface area contributed by atoms with Crippen molar-refractivity contribution in [3.63, 3.8) is 0 Å². The van der Waals surface area contributed by atoms with Crippen LogP contribution in [0.5, 0.6) is 5.75 Å². The minimum Gasteiger partial charge on any atom is -0.497 e. The van der Waals surface area contributed by atoms with Crippen LogP contribution in [0.4, 0.5) is 0 Å². The first-order chi connectivity index (χ1) is 10.2. The van der Waals surface area contributed by atoms with Gasteiger partial charge in [-0.3, -0.25) is 9.59 Å². The number of benzene rings is 2. The summed E-state index contributed by atoms with van der Waals surface area (Å²) in [7, 11) is 1.59. The monoisotopic (exact) mass is 278 g/mol. The SMILES string of the molecule is COc1ccc2c(c1)C1(CC2)C(=O)c2ccccc2C1=O. The first-order valence-corrected chi connectivity index (χ1v) is 7.04. The van der Waals surface area contributed by atoms with Gasteiger partial charge in [0.2, 0.25) is 0 Å². The molecule has 0 saturated heterocycles. The molecule has 3 nitrogen and oxygen atoms in total. The van der Waals surface area contributed by atoms with Crippen molar-refractivity contribution in [2.45, 2.75) is 18.3 Å². The minimum atomic E-state index is -1.02. The minimum absolute atomic E-state index is 0.0601.